The minimum atomic E-state index is -0.334. The highest BCUT2D eigenvalue weighted by Crippen LogP contribution is 2.29. The normalized spacial score (nSPS) is 19.6. The van der Waals surface area contributed by atoms with Crippen molar-refractivity contribution in [2.24, 2.45) is 5.92 Å². The molecule has 27 heavy (non-hydrogen) atoms. The van der Waals surface area contributed by atoms with Crippen LogP contribution in [0.25, 0.3) is 0 Å². The summed E-state index contributed by atoms with van der Waals surface area (Å²) in [5, 5.41) is 2.90. The number of amides is 2. The predicted molar refractivity (Wildman–Crippen MR) is 111 cm³/mol. The maximum absolute atomic E-state index is 12.5. The Morgan fingerprint density at radius 3 is 2.26 bits per heavy atom. The van der Waals surface area contributed by atoms with Crippen LogP contribution in [0.5, 0.6) is 0 Å². The standard InChI is InChI=1S/C21H22BrN3O2/c22-16-3-5-17(6-4-16)23-21(27)15-13-20(26)25(14-15)19-9-7-18(8-10-19)24-11-1-2-12-24/h3-10,15H,1-2,11-14H2,(H,23,27). The van der Waals surface area contributed by atoms with Crippen molar-refractivity contribution in [1.29, 1.82) is 0 Å². The molecule has 4 rings (SSSR count). The molecule has 2 heterocycles. The fraction of sp³-hybridized carbons (Fsp3) is 0.333. The van der Waals surface area contributed by atoms with Gasteiger partial charge in [0.05, 0.1) is 5.92 Å². The van der Waals surface area contributed by atoms with E-state index in [0.29, 0.717) is 6.54 Å². The Balaban J connectivity index is 1.40. The van der Waals surface area contributed by atoms with Crippen molar-refractivity contribution in [3.8, 4) is 0 Å². The fourth-order valence-corrected chi connectivity index (χ4v) is 3.99. The molecular formula is C21H22BrN3O2. The van der Waals surface area contributed by atoms with Gasteiger partial charge >= 0.3 is 0 Å². The smallest absolute Gasteiger partial charge is 0.229 e. The van der Waals surface area contributed by atoms with Crippen molar-refractivity contribution in [1.82, 2.24) is 0 Å². The average Bonchev–Trinajstić information content (AvgIpc) is 3.34. The van der Waals surface area contributed by atoms with E-state index in [1.807, 2.05) is 36.4 Å². The summed E-state index contributed by atoms with van der Waals surface area (Å²) < 4.78 is 0.958. The summed E-state index contributed by atoms with van der Waals surface area (Å²) in [6.07, 6.45) is 2.72. The van der Waals surface area contributed by atoms with E-state index in [1.54, 1.807) is 4.90 Å². The Morgan fingerprint density at radius 2 is 1.59 bits per heavy atom. The van der Waals surface area contributed by atoms with Crippen LogP contribution in [0, 0.1) is 5.92 Å². The molecule has 6 heteroatoms. The second-order valence-corrected chi connectivity index (χ2v) is 8.03. The zero-order valence-corrected chi connectivity index (χ0v) is 16.6. The largest absolute Gasteiger partial charge is 0.372 e. The molecule has 2 aliphatic rings. The van der Waals surface area contributed by atoms with E-state index in [9.17, 15) is 9.59 Å². The van der Waals surface area contributed by atoms with Gasteiger partial charge in [0.2, 0.25) is 11.8 Å². The Bertz CT molecular complexity index is 830. The van der Waals surface area contributed by atoms with Crippen LogP contribution in [0.2, 0.25) is 0 Å². The number of benzene rings is 2. The Hall–Kier alpha value is -2.34. The molecular weight excluding hydrogens is 406 g/mol. The number of nitrogens with zero attached hydrogens (tertiary/aromatic N) is 2. The second kappa shape index (κ2) is 7.72. The molecule has 5 nitrogen and oxygen atoms in total. The molecule has 2 amide bonds. The number of halogens is 1. The topological polar surface area (TPSA) is 52.7 Å². The van der Waals surface area contributed by atoms with Crippen molar-refractivity contribution in [3.05, 3.63) is 53.0 Å². The van der Waals surface area contributed by atoms with Crippen molar-refractivity contribution in [3.63, 3.8) is 0 Å². The van der Waals surface area contributed by atoms with Crippen LogP contribution in [0.1, 0.15) is 19.3 Å². The van der Waals surface area contributed by atoms with Crippen LogP contribution in [0.3, 0.4) is 0 Å². The maximum Gasteiger partial charge on any atom is 0.229 e. The molecule has 140 valence electrons. The van der Waals surface area contributed by atoms with E-state index in [1.165, 1.54) is 18.5 Å². The van der Waals surface area contributed by atoms with E-state index in [2.05, 4.69) is 38.3 Å². The lowest BCUT2D eigenvalue weighted by molar-refractivity contribution is -0.122. The molecule has 2 saturated heterocycles. The quantitative estimate of drug-likeness (QED) is 0.800. The highest BCUT2D eigenvalue weighted by Gasteiger charge is 2.35. The molecule has 1 atom stereocenters. The highest BCUT2D eigenvalue weighted by atomic mass is 79.9. The molecule has 2 fully saturated rings. The molecule has 1 N–H and O–H groups in total. The summed E-state index contributed by atoms with van der Waals surface area (Å²) in [6, 6.07) is 15.6. The lowest BCUT2D eigenvalue weighted by Crippen LogP contribution is -2.28. The van der Waals surface area contributed by atoms with Crippen LogP contribution >= 0.6 is 15.9 Å². The summed E-state index contributed by atoms with van der Waals surface area (Å²) in [5.74, 6) is -0.443. The number of hydrogen-bond acceptors (Lipinski definition) is 3. The Labute approximate surface area is 167 Å². The summed E-state index contributed by atoms with van der Waals surface area (Å²) in [5.41, 5.74) is 2.80. The van der Waals surface area contributed by atoms with Crippen LogP contribution in [0.4, 0.5) is 17.1 Å². The third kappa shape index (κ3) is 4.00. The number of nitrogens with one attached hydrogen (secondary N) is 1. The van der Waals surface area contributed by atoms with Gasteiger partial charge in [-0.1, -0.05) is 15.9 Å². The number of carbonyl (C=O) groups is 2. The van der Waals surface area contributed by atoms with Crippen molar-refractivity contribution >= 4 is 44.8 Å². The predicted octanol–water partition coefficient (Wildman–Crippen LogP) is 4.04. The van der Waals surface area contributed by atoms with Gasteiger partial charge in [-0.3, -0.25) is 9.59 Å². The van der Waals surface area contributed by atoms with Gasteiger partial charge in [-0.2, -0.15) is 0 Å². The van der Waals surface area contributed by atoms with Crippen molar-refractivity contribution < 1.29 is 9.59 Å². The number of anilines is 3. The zero-order valence-electron chi connectivity index (χ0n) is 15.0. The summed E-state index contributed by atoms with van der Waals surface area (Å²) >= 11 is 3.38. The first-order valence-corrected chi connectivity index (χ1v) is 10.1. The Morgan fingerprint density at radius 1 is 0.963 bits per heavy atom. The average molecular weight is 428 g/mol. The number of carbonyl (C=O) groups excluding carboxylic acids is 2. The van der Waals surface area contributed by atoms with Gasteiger partial charge in [0.15, 0.2) is 0 Å². The lowest BCUT2D eigenvalue weighted by Gasteiger charge is -2.20. The van der Waals surface area contributed by atoms with Gasteiger partial charge in [0.25, 0.3) is 0 Å². The molecule has 0 spiro atoms. The molecule has 0 saturated carbocycles. The molecule has 2 aromatic carbocycles. The summed E-state index contributed by atoms with van der Waals surface area (Å²) in [6.45, 7) is 2.62. The lowest BCUT2D eigenvalue weighted by atomic mass is 10.1. The van der Waals surface area contributed by atoms with Gasteiger partial charge in [-0.05, 0) is 61.4 Å². The van der Waals surface area contributed by atoms with Gasteiger partial charge in [-0.15, -0.1) is 0 Å². The molecule has 1 unspecified atom stereocenters. The molecule has 0 bridgehead atoms. The van der Waals surface area contributed by atoms with Crippen LogP contribution in [-0.4, -0.2) is 31.4 Å². The third-order valence-corrected chi connectivity index (χ3v) is 5.77. The summed E-state index contributed by atoms with van der Waals surface area (Å²) in [7, 11) is 0. The minimum Gasteiger partial charge on any atom is -0.372 e. The molecule has 2 aliphatic heterocycles. The minimum absolute atomic E-state index is 0.000112. The molecule has 0 aliphatic carbocycles. The fourth-order valence-electron chi connectivity index (χ4n) is 3.73. The van der Waals surface area contributed by atoms with Crippen molar-refractivity contribution in [2.75, 3.05) is 34.8 Å². The second-order valence-electron chi connectivity index (χ2n) is 7.11. The van der Waals surface area contributed by atoms with Gasteiger partial charge in [0, 0.05) is 47.6 Å². The first-order chi connectivity index (χ1) is 13.1. The monoisotopic (exact) mass is 427 g/mol. The van der Waals surface area contributed by atoms with E-state index in [0.717, 1.165) is 28.9 Å². The van der Waals surface area contributed by atoms with E-state index < -0.39 is 0 Å². The van der Waals surface area contributed by atoms with E-state index in [4.69, 9.17) is 0 Å². The van der Waals surface area contributed by atoms with Gasteiger partial charge < -0.3 is 15.1 Å². The first-order valence-electron chi connectivity index (χ1n) is 9.32. The van der Waals surface area contributed by atoms with E-state index in [-0.39, 0.29) is 24.2 Å². The highest BCUT2D eigenvalue weighted by molar-refractivity contribution is 9.10. The summed E-state index contributed by atoms with van der Waals surface area (Å²) in [4.78, 5) is 29.1. The number of hydrogen-bond donors (Lipinski definition) is 1. The van der Waals surface area contributed by atoms with Crippen LogP contribution in [-0.2, 0) is 9.59 Å². The van der Waals surface area contributed by atoms with Crippen LogP contribution < -0.4 is 15.1 Å². The van der Waals surface area contributed by atoms with Crippen LogP contribution in [0.15, 0.2) is 53.0 Å². The SMILES string of the molecule is O=C(Nc1ccc(Br)cc1)C1CC(=O)N(c2ccc(N3CCCC3)cc2)C1. The van der Waals surface area contributed by atoms with Gasteiger partial charge in [0.1, 0.15) is 0 Å². The Kier molecular flexibility index (Phi) is 5.16. The van der Waals surface area contributed by atoms with Gasteiger partial charge in [-0.25, -0.2) is 0 Å². The molecule has 0 radical (unpaired) electrons. The molecule has 2 aromatic rings. The third-order valence-electron chi connectivity index (χ3n) is 5.24. The first kappa shape index (κ1) is 18.0. The van der Waals surface area contributed by atoms with E-state index >= 15 is 0 Å². The zero-order chi connectivity index (χ0) is 18.8. The molecule has 0 aromatic heterocycles. The maximum atomic E-state index is 12.5. The number of rotatable bonds is 4. The van der Waals surface area contributed by atoms with Crippen molar-refractivity contribution in [2.45, 2.75) is 19.3 Å².